The van der Waals surface area contributed by atoms with Gasteiger partial charge in [-0.1, -0.05) is 6.07 Å². The van der Waals surface area contributed by atoms with Crippen molar-refractivity contribution in [3.8, 4) is 0 Å². The predicted molar refractivity (Wildman–Crippen MR) is 93.9 cm³/mol. The summed E-state index contributed by atoms with van der Waals surface area (Å²) in [6.07, 6.45) is 6.45. The summed E-state index contributed by atoms with van der Waals surface area (Å²) >= 11 is 1.85. The summed E-state index contributed by atoms with van der Waals surface area (Å²) in [5, 5.41) is 2.17. The molecule has 23 heavy (non-hydrogen) atoms. The van der Waals surface area contributed by atoms with Crippen LogP contribution in [0.4, 0.5) is 5.69 Å². The molecule has 4 nitrogen and oxygen atoms in total. The van der Waals surface area contributed by atoms with Crippen molar-refractivity contribution in [1.29, 1.82) is 0 Å². The van der Waals surface area contributed by atoms with Crippen LogP contribution in [0.2, 0.25) is 0 Å². The fraction of sp³-hybridized carbons (Fsp3) is 0.500. The first-order chi connectivity index (χ1) is 11.4. The van der Waals surface area contributed by atoms with Gasteiger partial charge in [0, 0.05) is 37.3 Å². The highest BCUT2D eigenvalue weighted by Gasteiger charge is 2.34. The van der Waals surface area contributed by atoms with Crippen LogP contribution in [0.1, 0.15) is 17.7 Å². The summed E-state index contributed by atoms with van der Waals surface area (Å²) in [6, 6.07) is 9.05. The number of nitrogens with zero attached hydrogens (tertiary/aromatic N) is 3. The molecule has 0 aliphatic carbocycles. The average molecular weight is 329 g/mol. The highest BCUT2D eigenvalue weighted by Crippen LogP contribution is 2.28. The molecule has 122 valence electrons. The largest absolute Gasteiger partial charge is 0.374 e. The quantitative estimate of drug-likeness (QED) is 0.865. The van der Waals surface area contributed by atoms with E-state index in [0.717, 1.165) is 45.6 Å². The number of fused-ring (bicyclic) bond motifs is 1. The Morgan fingerprint density at radius 1 is 1.17 bits per heavy atom. The molecule has 2 aromatic heterocycles. The molecule has 2 fully saturated rings. The highest BCUT2D eigenvalue weighted by molar-refractivity contribution is 7.09. The van der Waals surface area contributed by atoms with E-state index in [4.69, 9.17) is 4.74 Å². The van der Waals surface area contributed by atoms with Crippen LogP contribution in [0.15, 0.2) is 42.0 Å². The maximum absolute atomic E-state index is 6.11. The third-order valence-electron chi connectivity index (χ3n) is 4.90. The lowest BCUT2D eigenvalue weighted by Gasteiger charge is -2.41. The maximum atomic E-state index is 6.11. The first-order valence-corrected chi connectivity index (χ1v) is 9.31. The number of hydrogen-bond donors (Lipinski definition) is 0. The van der Waals surface area contributed by atoms with Gasteiger partial charge >= 0.3 is 0 Å². The summed E-state index contributed by atoms with van der Waals surface area (Å²) < 4.78 is 6.11. The molecule has 0 bridgehead atoms. The Labute approximate surface area is 141 Å². The molecule has 0 amide bonds. The molecular formula is C18H23N3OS. The number of pyridine rings is 1. The van der Waals surface area contributed by atoms with Gasteiger partial charge in [0.05, 0.1) is 30.6 Å². The number of likely N-dealkylation sites (tertiary alicyclic amines) is 1. The zero-order chi connectivity index (χ0) is 15.5. The smallest absolute Gasteiger partial charge is 0.0791 e. The fourth-order valence-corrected chi connectivity index (χ4v) is 4.51. The van der Waals surface area contributed by atoms with Gasteiger partial charge in [0.15, 0.2) is 0 Å². The van der Waals surface area contributed by atoms with Crippen molar-refractivity contribution in [3.63, 3.8) is 0 Å². The Kier molecular flexibility index (Phi) is 4.60. The first-order valence-electron chi connectivity index (χ1n) is 8.43. The van der Waals surface area contributed by atoms with Gasteiger partial charge < -0.3 is 9.64 Å². The molecule has 0 unspecified atom stereocenters. The maximum Gasteiger partial charge on any atom is 0.0791 e. The van der Waals surface area contributed by atoms with Gasteiger partial charge in [-0.15, -0.1) is 11.3 Å². The lowest BCUT2D eigenvalue weighted by atomic mass is 10.0. The number of ether oxygens (including phenoxy) is 1. The fourth-order valence-electron chi connectivity index (χ4n) is 3.76. The van der Waals surface area contributed by atoms with Crippen LogP contribution in [0.5, 0.6) is 0 Å². The Morgan fingerprint density at radius 2 is 2.13 bits per heavy atom. The number of aromatic nitrogens is 1. The monoisotopic (exact) mass is 329 g/mol. The van der Waals surface area contributed by atoms with E-state index in [1.165, 1.54) is 10.6 Å². The second kappa shape index (κ2) is 6.99. The van der Waals surface area contributed by atoms with Gasteiger partial charge in [-0.2, -0.15) is 0 Å². The van der Waals surface area contributed by atoms with Crippen LogP contribution in [0, 0.1) is 0 Å². The van der Waals surface area contributed by atoms with Gasteiger partial charge in [0.1, 0.15) is 0 Å². The van der Waals surface area contributed by atoms with Crippen LogP contribution in [0.25, 0.3) is 0 Å². The molecule has 0 spiro atoms. The summed E-state index contributed by atoms with van der Waals surface area (Å²) in [5.41, 5.74) is 1.23. The molecule has 0 saturated carbocycles. The molecule has 0 N–H and O–H groups in total. The van der Waals surface area contributed by atoms with Crippen LogP contribution >= 0.6 is 11.3 Å². The zero-order valence-corrected chi connectivity index (χ0v) is 14.1. The van der Waals surface area contributed by atoms with Gasteiger partial charge in [-0.25, -0.2) is 0 Å². The summed E-state index contributed by atoms with van der Waals surface area (Å²) in [4.78, 5) is 10.8. The summed E-state index contributed by atoms with van der Waals surface area (Å²) in [5.74, 6) is 0. The van der Waals surface area contributed by atoms with Crippen molar-refractivity contribution in [2.45, 2.75) is 31.5 Å². The molecule has 0 aromatic carbocycles. The second-order valence-corrected chi connectivity index (χ2v) is 7.35. The van der Waals surface area contributed by atoms with E-state index in [1.807, 2.05) is 29.8 Å². The molecule has 2 aliphatic rings. The number of hydrogen-bond acceptors (Lipinski definition) is 5. The Bertz CT molecular complexity index is 604. The normalized spacial score (nSPS) is 25.8. The number of morpholine rings is 1. The van der Waals surface area contributed by atoms with Crippen molar-refractivity contribution in [2.24, 2.45) is 0 Å². The minimum atomic E-state index is 0.345. The number of anilines is 1. The van der Waals surface area contributed by atoms with E-state index >= 15 is 0 Å². The zero-order valence-electron chi connectivity index (χ0n) is 13.3. The first kappa shape index (κ1) is 15.1. The standard InChI is InChI=1S/C18H23N3OS/c1-3-15(13-19-7-1)21-10-11-22-18-6-9-20(8-5-17(18)21)14-16-4-2-12-23-16/h1-4,7,12-13,17-18H,5-6,8-11,14H2/t17-,18+/m1/s1. The lowest BCUT2D eigenvalue weighted by molar-refractivity contribution is 0.00894. The SMILES string of the molecule is c1cncc(N2CCO[C@H]3CCN(Cc4cccs4)CC[C@H]32)c1. The van der Waals surface area contributed by atoms with Gasteiger partial charge in [-0.05, 0) is 36.4 Å². The number of thiophene rings is 1. The molecule has 2 aromatic rings. The van der Waals surface area contributed by atoms with E-state index in [0.29, 0.717) is 12.1 Å². The lowest BCUT2D eigenvalue weighted by Crippen LogP contribution is -2.51. The van der Waals surface area contributed by atoms with Gasteiger partial charge in [0.2, 0.25) is 0 Å². The third-order valence-corrected chi connectivity index (χ3v) is 5.76. The molecule has 2 saturated heterocycles. The molecule has 2 atom stereocenters. The second-order valence-electron chi connectivity index (χ2n) is 6.31. The van der Waals surface area contributed by atoms with Crippen LogP contribution in [0.3, 0.4) is 0 Å². The molecule has 5 heteroatoms. The van der Waals surface area contributed by atoms with Crippen molar-refractivity contribution in [3.05, 3.63) is 46.9 Å². The minimum Gasteiger partial charge on any atom is -0.374 e. The van der Waals surface area contributed by atoms with Crippen molar-refractivity contribution >= 4 is 17.0 Å². The molecule has 2 aliphatic heterocycles. The van der Waals surface area contributed by atoms with Gasteiger partial charge in [0.25, 0.3) is 0 Å². The van der Waals surface area contributed by atoms with Crippen LogP contribution in [-0.2, 0) is 11.3 Å². The van der Waals surface area contributed by atoms with E-state index in [9.17, 15) is 0 Å². The van der Waals surface area contributed by atoms with E-state index in [1.54, 1.807) is 0 Å². The number of rotatable bonds is 3. The van der Waals surface area contributed by atoms with Crippen molar-refractivity contribution < 1.29 is 4.74 Å². The Hall–Kier alpha value is -1.43. The summed E-state index contributed by atoms with van der Waals surface area (Å²) in [7, 11) is 0. The van der Waals surface area contributed by atoms with Crippen LogP contribution < -0.4 is 4.90 Å². The van der Waals surface area contributed by atoms with E-state index in [-0.39, 0.29) is 0 Å². The molecule has 4 heterocycles. The molecule has 0 radical (unpaired) electrons. The van der Waals surface area contributed by atoms with Crippen molar-refractivity contribution in [2.75, 3.05) is 31.1 Å². The summed E-state index contributed by atoms with van der Waals surface area (Å²) in [6.45, 7) is 5.13. The van der Waals surface area contributed by atoms with E-state index in [2.05, 4.69) is 38.4 Å². The van der Waals surface area contributed by atoms with E-state index < -0.39 is 0 Å². The third kappa shape index (κ3) is 3.42. The van der Waals surface area contributed by atoms with Crippen LogP contribution in [-0.4, -0.2) is 48.3 Å². The predicted octanol–water partition coefficient (Wildman–Crippen LogP) is 3.01. The molecule has 4 rings (SSSR count). The topological polar surface area (TPSA) is 28.6 Å². The molecular weight excluding hydrogens is 306 g/mol. The minimum absolute atomic E-state index is 0.345. The Morgan fingerprint density at radius 3 is 2.96 bits per heavy atom. The van der Waals surface area contributed by atoms with Gasteiger partial charge in [-0.3, -0.25) is 9.88 Å². The van der Waals surface area contributed by atoms with Crippen molar-refractivity contribution in [1.82, 2.24) is 9.88 Å². The highest BCUT2D eigenvalue weighted by atomic mass is 32.1. The average Bonchev–Trinajstić information content (AvgIpc) is 3.02. The Balaban J connectivity index is 1.47.